The fraction of sp³-hybridized carbons (Fsp3) is 0.125. The van der Waals surface area contributed by atoms with E-state index in [0.717, 1.165) is 8.04 Å². The molecule has 0 amide bonds. The molecule has 12 heavy (non-hydrogen) atoms. The van der Waals surface area contributed by atoms with Gasteiger partial charge >= 0.3 is 0 Å². The van der Waals surface area contributed by atoms with Crippen LogP contribution >= 0.6 is 38.5 Å². The molecule has 1 rings (SSSR count). The Labute approximate surface area is 92.8 Å². The van der Waals surface area contributed by atoms with E-state index >= 15 is 0 Å². The van der Waals surface area contributed by atoms with E-state index in [1.807, 2.05) is 6.07 Å². The molecule has 0 aliphatic heterocycles. The molecule has 0 aliphatic carbocycles. The number of Topliss-reactive ketones (excluding diaryl/α,β-unsaturated/α-hetero) is 1. The quantitative estimate of drug-likeness (QED) is 0.485. The van der Waals surface area contributed by atoms with Crippen LogP contribution in [0, 0.1) is 3.57 Å². The molecule has 0 radical (unpaired) electrons. The summed E-state index contributed by atoms with van der Waals surface area (Å²) < 4.78 is 1.78. The SMILES string of the molecule is CC(=O)c1cc(N)cc(I)c1Br. The minimum atomic E-state index is 0.0205. The molecule has 0 fully saturated rings. The third-order valence-electron chi connectivity index (χ3n) is 1.43. The van der Waals surface area contributed by atoms with Crippen molar-refractivity contribution >= 4 is 50.0 Å². The topological polar surface area (TPSA) is 43.1 Å². The molecule has 0 saturated carbocycles. The Kier molecular flexibility index (Phi) is 3.11. The number of hydrogen-bond donors (Lipinski definition) is 1. The lowest BCUT2D eigenvalue weighted by molar-refractivity contribution is 0.101. The van der Waals surface area contributed by atoms with Crippen LogP contribution in [0.1, 0.15) is 17.3 Å². The molecule has 0 bridgehead atoms. The highest BCUT2D eigenvalue weighted by Gasteiger charge is 2.08. The monoisotopic (exact) mass is 339 g/mol. The highest BCUT2D eigenvalue weighted by molar-refractivity contribution is 14.1. The molecular formula is C8H7BrINO. The summed E-state index contributed by atoms with van der Waals surface area (Å²) in [5.74, 6) is 0.0205. The molecule has 0 spiro atoms. The molecular weight excluding hydrogens is 333 g/mol. The van der Waals surface area contributed by atoms with Gasteiger partial charge in [0.05, 0.1) is 0 Å². The van der Waals surface area contributed by atoms with Crippen LogP contribution in [0.4, 0.5) is 5.69 Å². The Morgan fingerprint density at radius 2 is 2.17 bits per heavy atom. The highest BCUT2D eigenvalue weighted by Crippen LogP contribution is 2.26. The van der Waals surface area contributed by atoms with Crippen molar-refractivity contribution < 1.29 is 4.79 Å². The van der Waals surface area contributed by atoms with Gasteiger partial charge in [0.2, 0.25) is 0 Å². The maximum absolute atomic E-state index is 11.1. The zero-order valence-corrected chi connectivity index (χ0v) is 10.1. The number of halogens is 2. The number of nitrogens with two attached hydrogens (primary N) is 1. The smallest absolute Gasteiger partial charge is 0.161 e. The summed E-state index contributed by atoms with van der Waals surface area (Å²) in [5.41, 5.74) is 6.84. The van der Waals surface area contributed by atoms with Gasteiger partial charge in [-0.25, -0.2) is 0 Å². The van der Waals surface area contributed by atoms with Gasteiger partial charge in [-0.15, -0.1) is 0 Å². The van der Waals surface area contributed by atoms with E-state index in [1.165, 1.54) is 6.92 Å². The minimum absolute atomic E-state index is 0.0205. The second-order valence-corrected chi connectivity index (χ2v) is 4.38. The highest BCUT2D eigenvalue weighted by atomic mass is 127. The largest absolute Gasteiger partial charge is 0.399 e. The van der Waals surface area contributed by atoms with E-state index in [-0.39, 0.29) is 5.78 Å². The number of ketones is 1. The molecule has 4 heteroatoms. The van der Waals surface area contributed by atoms with Crippen LogP contribution in [0.3, 0.4) is 0 Å². The van der Waals surface area contributed by atoms with Crippen molar-refractivity contribution in [1.29, 1.82) is 0 Å². The van der Waals surface area contributed by atoms with Gasteiger partial charge in [0.15, 0.2) is 5.78 Å². The average molecular weight is 340 g/mol. The number of anilines is 1. The second kappa shape index (κ2) is 3.74. The molecule has 0 unspecified atom stereocenters. The predicted octanol–water partition coefficient (Wildman–Crippen LogP) is 2.84. The Hall–Kier alpha value is -0.100. The fourth-order valence-electron chi connectivity index (χ4n) is 0.866. The Balaban J connectivity index is 3.37. The van der Waals surface area contributed by atoms with Crippen LogP contribution in [-0.2, 0) is 0 Å². The maximum Gasteiger partial charge on any atom is 0.161 e. The second-order valence-electron chi connectivity index (χ2n) is 2.42. The van der Waals surface area contributed by atoms with Crippen molar-refractivity contribution in [2.75, 3.05) is 5.73 Å². The zero-order valence-electron chi connectivity index (χ0n) is 6.40. The first-order chi connectivity index (χ1) is 5.52. The number of hydrogen-bond acceptors (Lipinski definition) is 2. The first-order valence-corrected chi connectivity index (χ1v) is 5.15. The van der Waals surface area contributed by atoms with E-state index in [4.69, 9.17) is 5.73 Å². The number of rotatable bonds is 1. The molecule has 2 nitrogen and oxygen atoms in total. The van der Waals surface area contributed by atoms with Crippen molar-refractivity contribution in [3.8, 4) is 0 Å². The first kappa shape index (κ1) is 9.98. The molecule has 0 atom stereocenters. The molecule has 2 N–H and O–H groups in total. The van der Waals surface area contributed by atoms with Crippen molar-refractivity contribution in [2.45, 2.75) is 6.92 Å². The lowest BCUT2D eigenvalue weighted by atomic mass is 10.1. The summed E-state index contributed by atoms with van der Waals surface area (Å²) in [4.78, 5) is 11.1. The standard InChI is InChI=1S/C8H7BrINO/c1-4(12)6-2-5(11)3-7(10)8(6)9/h2-3H,11H2,1H3. The van der Waals surface area contributed by atoms with Crippen LogP contribution in [-0.4, -0.2) is 5.78 Å². The van der Waals surface area contributed by atoms with E-state index < -0.39 is 0 Å². The summed E-state index contributed by atoms with van der Waals surface area (Å²) in [6, 6.07) is 3.49. The Bertz CT molecular complexity index is 338. The summed E-state index contributed by atoms with van der Waals surface area (Å²) >= 11 is 5.46. The lowest BCUT2D eigenvalue weighted by Crippen LogP contribution is -1.98. The van der Waals surface area contributed by atoms with Gasteiger partial charge in [-0.3, -0.25) is 4.79 Å². The van der Waals surface area contributed by atoms with Crippen molar-refractivity contribution in [1.82, 2.24) is 0 Å². The molecule has 0 aliphatic rings. The van der Waals surface area contributed by atoms with Crippen molar-refractivity contribution in [3.63, 3.8) is 0 Å². The Morgan fingerprint density at radius 3 is 2.67 bits per heavy atom. The first-order valence-electron chi connectivity index (χ1n) is 3.28. The minimum Gasteiger partial charge on any atom is -0.399 e. The summed E-state index contributed by atoms with van der Waals surface area (Å²) in [5, 5.41) is 0. The maximum atomic E-state index is 11.1. The van der Waals surface area contributed by atoms with Crippen molar-refractivity contribution in [3.05, 3.63) is 25.7 Å². The number of benzene rings is 1. The molecule has 0 heterocycles. The molecule has 1 aromatic rings. The van der Waals surface area contributed by atoms with Gasteiger partial charge in [0, 0.05) is 19.3 Å². The number of carbonyl (C=O) groups excluding carboxylic acids is 1. The van der Waals surface area contributed by atoms with E-state index in [9.17, 15) is 4.79 Å². The summed E-state index contributed by atoms with van der Waals surface area (Å²) in [6.07, 6.45) is 0. The third kappa shape index (κ3) is 1.98. The molecule has 64 valence electrons. The Morgan fingerprint density at radius 1 is 1.58 bits per heavy atom. The number of carbonyl (C=O) groups is 1. The summed E-state index contributed by atoms with van der Waals surface area (Å²) in [7, 11) is 0. The molecule has 1 aromatic carbocycles. The lowest BCUT2D eigenvalue weighted by Gasteiger charge is -2.03. The van der Waals surface area contributed by atoms with E-state index in [1.54, 1.807) is 6.07 Å². The van der Waals surface area contributed by atoms with Crippen LogP contribution in [0.5, 0.6) is 0 Å². The average Bonchev–Trinajstić information content (AvgIpc) is 1.96. The van der Waals surface area contributed by atoms with Gasteiger partial charge in [0.25, 0.3) is 0 Å². The van der Waals surface area contributed by atoms with Crippen molar-refractivity contribution in [2.24, 2.45) is 0 Å². The van der Waals surface area contributed by atoms with Gasteiger partial charge in [-0.2, -0.15) is 0 Å². The number of nitrogen functional groups attached to an aromatic ring is 1. The van der Waals surface area contributed by atoms with Gasteiger partial charge in [-0.05, 0) is 57.6 Å². The van der Waals surface area contributed by atoms with Gasteiger partial charge in [-0.1, -0.05) is 0 Å². The van der Waals surface area contributed by atoms with Gasteiger partial charge in [0.1, 0.15) is 0 Å². The van der Waals surface area contributed by atoms with Crippen LogP contribution in [0.2, 0.25) is 0 Å². The molecule has 0 saturated heterocycles. The fourth-order valence-corrected chi connectivity index (χ4v) is 2.02. The van der Waals surface area contributed by atoms with Crippen LogP contribution < -0.4 is 5.73 Å². The van der Waals surface area contributed by atoms with E-state index in [0.29, 0.717) is 11.3 Å². The van der Waals surface area contributed by atoms with E-state index in [2.05, 4.69) is 38.5 Å². The van der Waals surface area contributed by atoms with Crippen LogP contribution in [0.15, 0.2) is 16.6 Å². The molecule has 0 aromatic heterocycles. The normalized spacial score (nSPS) is 9.92. The van der Waals surface area contributed by atoms with Crippen LogP contribution in [0.25, 0.3) is 0 Å². The third-order valence-corrected chi connectivity index (χ3v) is 3.88. The van der Waals surface area contributed by atoms with Gasteiger partial charge < -0.3 is 5.73 Å². The predicted molar refractivity (Wildman–Crippen MR) is 61.3 cm³/mol. The zero-order chi connectivity index (χ0) is 9.30. The summed E-state index contributed by atoms with van der Waals surface area (Å²) in [6.45, 7) is 1.52.